The highest BCUT2D eigenvalue weighted by atomic mass is 16.5. The lowest BCUT2D eigenvalue weighted by Crippen LogP contribution is -2.34. The van der Waals surface area contributed by atoms with Crippen LogP contribution in [-0.4, -0.2) is 32.0 Å². The van der Waals surface area contributed by atoms with Crippen LogP contribution in [0.1, 0.15) is 19.3 Å². The average molecular weight is 185 g/mol. The Bertz CT molecular complexity index is 203. The number of hydrogen-bond donors (Lipinski definition) is 1. The average Bonchev–Trinajstić information content (AvgIpc) is 2.52. The fraction of sp³-hybridized carbons (Fsp3) is 0.778. The van der Waals surface area contributed by atoms with E-state index in [1.165, 1.54) is 0 Å². The number of amides is 1. The quantitative estimate of drug-likeness (QED) is 0.500. The minimum Gasteiger partial charge on any atom is -0.383 e. The maximum Gasteiger partial charge on any atom is 0.230 e. The van der Waals surface area contributed by atoms with Crippen LogP contribution in [0.3, 0.4) is 0 Å². The molecule has 0 bridgehead atoms. The van der Waals surface area contributed by atoms with Gasteiger partial charge in [-0.3, -0.25) is 9.59 Å². The molecule has 1 aliphatic rings. The number of carbonyl (C=O) groups excluding carboxylic acids is 2. The van der Waals surface area contributed by atoms with Crippen molar-refractivity contribution in [1.82, 2.24) is 5.32 Å². The summed E-state index contributed by atoms with van der Waals surface area (Å²) in [5.74, 6) is -0.452. The van der Waals surface area contributed by atoms with E-state index < -0.39 is 5.92 Å². The van der Waals surface area contributed by atoms with Gasteiger partial charge in [-0.25, -0.2) is 0 Å². The molecule has 1 N–H and O–H groups in total. The Morgan fingerprint density at radius 3 is 3.00 bits per heavy atom. The highest BCUT2D eigenvalue weighted by Gasteiger charge is 2.30. The third-order valence-corrected chi connectivity index (χ3v) is 2.23. The first-order valence-corrected chi connectivity index (χ1v) is 4.55. The number of carbonyl (C=O) groups is 2. The molecule has 4 heteroatoms. The van der Waals surface area contributed by atoms with Crippen LogP contribution >= 0.6 is 0 Å². The van der Waals surface area contributed by atoms with Crippen molar-refractivity contribution in [2.75, 3.05) is 20.3 Å². The number of ketones is 1. The predicted octanol–water partition coefficient (Wildman–Crippen LogP) is 0.118. The fourth-order valence-corrected chi connectivity index (χ4v) is 1.49. The molecule has 0 spiro atoms. The van der Waals surface area contributed by atoms with Gasteiger partial charge in [0.2, 0.25) is 5.91 Å². The minimum absolute atomic E-state index is 0.0786. The molecule has 13 heavy (non-hydrogen) atoms. The van der Waals surface area contributed by atoms with Crippen molar-refractivity contribution >= 4 is 11.7 Å². The summed E-state index contributed by atoms with van der Waals surface area (Å²) in [5.41, 5.74) is 0. The highest BCUT2D eigenvalue weighted by molar-refractivity contribution is 6.02. The fourth-order valence-electron chi connectivity index (χ4n) is 1.49. The molecular weight excluding hydrogens is 170 g/mol. The molecule has 0 radical (unpaired) electrons. The third kappa shape index (κ3) is 2.81. The Balaban J connectivity index is 2.26. The molecule has 0 aliphatic heterocycles. The summed E-state index contributed by atoms with van der Waals surface area (Å²) in [6.45, 7) is 0.978. The molecule has 1 rings (SSSR count). The van der Waals surface area contributed by atoms with Crippen LogP contribution < -0.4 is 5.32 Å². The molecular formula is C9H15NO3. The maximum atomic E-state index is 11.3. The van der Waals surface area contributed by atoms with Gasteiger partial charge >= 0.3 is 0 Å². The lowest BCUT2D eigenvalue weighted by atomic mass is 10.1. The standard InChI is InChI=1S/C9H15NO3/c1-13-6-5-10-9(12)7-3-2-4-8(7)11/h7H,2-6H2,1H3,(H,10,12). The Morgan fingerprint density at radius 1 is 1.69 bits per heavy atom. The molecule has 0 aromatic carbocycles. The Kier molecular flexibility index (Phi) is 3.89. The van der Waals surface area contributed by atoms with Crippen molar-refractivity contribution in [3.8, 4) is 0 Å². The second-order valence-corrected chi connectivity index (χ2v) is 3.19. The first-order valence-electron chi connectivity index (χ1n) is 4.55. The van der Waals surface area contributed by atoms with Crippen LogP contribution in [0.25, 0.3) is 0 Å². The van der Waals surface area contributed by atoms with Gasteiger partial charge in [0.15, 0.2) is 0 Å². The van der Waals surface area contributed by atoms with Crippen LogP contribution in [-0.2, 0) is 14.3 Å². The monoisotopic (exact) mass is 185 g/mol. The number of hydrogen-bond acceptors (Lipinski definition) is 3. The van der Waals surface area contributed by atoms with Crippen LogP contribution in [0.2, 0.25) is 0 Å². The summed E-state index contributed by atoms with van der Waals surface area (Å²) in [4.78, 5) is 22.5. The molecule has 1 fully saturated rings. The first kappa shape index (κ1) is 10.2. The molecule has 1 amide bonds. The van der Waals surface area contributed by atoms with Gasteiger partial charge in [0.05, 0.1) is 12.5 Å². The summed E-state index contributed by atoms with van der Waals surface area (Å²) < 4.78 is 4.78. The van der Waals surface area contributed by atoms with Crippen molar-refractivity contribution in [2.24, 2.45) is 5.92 Å². The van der Waals surface area contributed by atoms with E-state index in [4.69, 9.17) is 4.74 Å². The molecule has 1 atom stereocenters. The van der Waals surface area contributed by atoms with E-state index in [-0.39, 0.29) is 11.7 Å². The zero-order valence-electron chi connectivity index (χ0n) is 7.84. The molecule has 0 aromatic rings. The third-order valence-electron chi connectivity index (χ3n) is 2.23. The second-order valence-electron chi connectivity index (χ2n) is 3.19. The Labute approximate surface area is 77.6 Å². The van der Waals surface area contributed by atoms with Crippen molar-refractivity contribution in [3.05, 3.63) is 0 Å². The van der Waals surface area contributed by atoms with Crippen molar-refractivity contribution in [2.45, 2.75) is 19.3 Å². The smallest absolute Gasteiger partial charge is 0.230 e. The number of ether oxygens (including phenoxy) is 1. The van der Waals surface area contributed by atoms with Crippen molar-refractivity contribution in [3.63, 3.8) is 0 Å². The molecule has 74 valence electrons. The molecule has 0 aromatic heterocycles. The van der Waals surface area contributed by atoms with Gasteiger partial charge < -0.3 is 10.1 Å². The van der Waals surface area contributed by atoms with Crippen molar-refractivity contribution < 1.29 is 14.3 Å². The minimum atomic E-state index is -0.392. The van der Waals surface area contributed by atoms with Crippen LogP contribution in [0.5, 0.6) is 0 Å². The van der Waals surface area contributed by atoms with Gasteiger partial charge in [-0.15, -0.1) is 0 Å². The number of methoxy groups -OCH3 is 1. The largest absolute Gasteiger partial charge is 0.383 e. The van der Waals surface area contributed by atoms with Crippen LogP contribution in [0, 0.1) is 5.92 Å². The van der Waals surface area contributed by atoms with Gasteiger partial charge in [0.1, 0.15) is 5.78 Å². The predicted molar refractivity (Wildman–Crippen MR) is 47.2 cm³/mol. The van der Waals surface area contributed by atoms with E-state index in [1.54, 1.807) is 7.11 Å². The number of Topliss-reactive ketones (excluding diaryl/α,β-unsaturated/α-hetero) is 1. The highest BCUT2D eigenvalue weighted by Crippen LogP contribution is 2.20. The van der Waals surface area contributed by atoms with Gasteiger partial charge in [-0.1, -0.05) is 0 Å². The zero-order valence-corrected chi connectivity index (χ0v) is 7.84. The first-order chi connectivity index (χ1) is 6.25. The molecule has 1 aliphatic carbocycles. The van der Waals surface area contributed by atoms with E-state index in [0.29, 0.717) is 26.0 Å². The van der Waals surface area contributed by atoms with E-state index >= 15 is 0 Å². The number of rotatable bonds is 4. The zero-order chi connectivity index (χ0) is 9.68. The van der Waals surface area contributed by atoms with Gasteiger partial charge in [-0.2, -0.15) is 0 Å². The number of nitrogens with one attached hydrogen (secondary N) is 1. The topological polar surface area (TPSA) is 55.4 Å². The summed E-state index contributed by atoms with van der Waals surface area (Å²) in [7, 11) is 1.58. The Morgan fingerprint density at radius 2 is 2.46 bits per heavy atom. The van der Waals surface area contributed by atoms with Crippen LogP contribution in [0.4, 0.5) is 0 Å². The van der Waals surface area contributed by atoms with Gasteiger partial charge in [0, 0.05) is 20.1 Å². The lowest BCUT2D eigenvalue weighted by Gasteiger charge is -2.08. The van der Waals surface area contributed by atoms with E-state index in [2.05, 4.69) is 5.32 Å². The lowest BCUT2D eigenvalue weighted by molar-refractivity contribution is -0.132. The molecule has 1 saturated carbocycles. The van der Waals surface area contributed by atoms with E-state index in [1.807, 2.05) is 0 Å². The Hall–Kier alpha value is -0.900. The molecule has 0 heterocycles. The maximum absolute atomic E-state index is 11.3. The van der Waals surface area contributed by atoms with E-state index in [0.717, 1.165) is 6.42 Å². The summed E-state index contributed by atoms with van der Waals surface area (Å²) in [6, 6.07) is 0. The van der Waals surface area contributed by atoms with Crippen molar-refractivity contribution in [1.29, 1.82) is 0 Å². The van der Waals surface area contributed by atoms with Gasteiger partial charge in [0.25, 0.3) is 0 Å². The summed E-state index contributed by atoms with van der Waals surface area (Å²) >= 11 is 0. The van der Waals surface area contributed by atoms with E-state index in [9.17, 15) is 9.59 Å². The molecule has 1 unspecified atom stereocenters. The summed E-state index contributed by atoms with van der Waals surface area (Å²) in [6.07, 6.45) is 2.11. The second kappa shape index (κ2) is 4.97. The normalized spacial score (nSPS) is 21.9. The SMILES string of the molecule is COCCNC(=O)C1CCCC1=O. The van der Waals surface area contributed by atoms with Gasteiger partial charge in [-0.05, 0) is 12.8 Å². The molecule has 4 nitrogen and oxygen atoms in total. The summed E-state index contributed by atoms with van der Waals surface area (Å²) in [5, 5.41) is 2.67. The molecule has 0 saturated heterocycles. The van der Waals surface area contributed by atoms with Crippen LogP contribution in [0.15, 0.2) is 0 Å².